The van der Waals surface area contributed by atoms with Crippen molar-refractivity contribution in [2.24, 2.45) is 0 Å². The minimum absolute atomic E-state index is 0.242. The summed E-state index contributed by atoms with van der Waals surface area (Å²) < 4.78 is 44.0. The van der Waals surface area contributed by atoms with E-state index in [1.807, 2.05) is 0 Å². The number of nitrogens with zero attached hydrogens (tertiary/aromatic N) is 1. The quantitative estimate of drug-likeness (QED) is 0.475. The molecule has 3 rings (SSSR count). The van der Waals surface area contributed by atoms with Crippen LogP contribution in [0.2, 0.25) is 5.02 Å². The van der Waals surface area contributed by atoms with Crippen molar-refractivity contribution in [2.75, 3.05) is 11.9 Å². The third-order valence-electron chi connectivity index (χ3n) is 3.45. The molecule has 1 amide bonds. The molecule has 0 atom stereocenters. The molecule has 0 unspecified atom stereocenters. The Kier molecular flexibility index (Phi) is 5.96. The lowest BCUT2D eigenvalue weighted by molar-refractivity contribution is -0.119. The molecule has 0 saturated heterocycles. The molecular formula is C18H10ClF3N2O3S. The number of carbonyl (C=O) groups is 2. The molecule has 1 aromatic heterocycles. The first-order valence-electron chi connectivity index (χ1n) is 7.66. The van der Waals surface area contributed by atoms with Crippen molar-refractivity contribution in [1.29, 1.82) is 0 Å². The van der Waals surface area contributed by atoms with Crippen molar-refractivity contribution < 1.29 is 27.5 Å². The highest BCUT2D eigenvalue weighted by atomic mass is 35.5. The van der Waals surface area contributed by atoms with Gasteiger partial charge in [-0.25, -0.2) is 22.9 Å². The highest BCUT2D eigenvalue weighted by Crippen LogP contribution is 2.25. The van der Waals surface area contributed by atoms with Crippen LogP contribution in [0.5, 0.6) is 0 Å². The van der Waals surface area contributed by atoms with Crippen LogP contribution in [-0.4, -0.2) is 23.5 Å². The molecule has 28 heavy (non-hydrogen) atoms. The average molecular weight is 427 g/mol. The molecule has 5 nitrogen and oxygen atoms in total. The van der Waals surface area contributed by atoms with Crippen LogP contribution < -0.4 is 5.32 Å². The molecule has 0 aliphatic heterocycles. The van der Waals surface area contributed by atoms with E-state index in [4.69, 9.17) is 16.3 Å². The van der Waals surface area contributed by atoms with Gasteiger partial charge in [0.2, 0.25) is 0 Å². The maximum absolute atomic E-state index is 13.2. The predicted molar refractivity (Wildman–Crippen MR) is 97.8 cm³/mol. The van der Waals surface area contributed by atoms with Crippen LogP contribution >= 0.6 is 22.9 Å². The van der Waals surface area contributed by atoms with Gasteiger partial charge in [-0.1, -0.05) is 11.6 Å². The topological polar surface area (TPSA) is 68.3 Å². The Hall–Kier alpha value is -2.91. The van der Waals surface area contributed by atoms with E-state index in [2.05, 4.69) is 10.3 Å². The first-order valence-corrected chi connectivity index (χ1v) is 8.92. The molecule has 1 heterocycles. The third kappa shape index (κ3) is 4.68. The van der Waals surface area contributed by atoms with Crippen LogP contribution in [0, 0.1) is 17.5 Å². The van der Waals surface area contributed by atoms with E-state index in [9.17, 15) is 22.8 Å². The molecule has 3 aromatic rings. The largest absolute Gasteiger partial charge is 0.452 e. The zero-order valence-electron chi connectivity index (χ0n) is 13.8. The molecule has 144 valence electrons. The second kappa shape index (κ2) is 8.41. The van der Waals surface area contributed by atoms with Gasteiger partial charge in [0.15, 0.2) is 23.4 Å². The highest BCUT2D eigenvalue weighted by molar-refractivity contribution is 7.14. The monoisotopic (exact) mass is 426 g/mol. The summed E-state index contributed by atoms with van der Waals surface area (Å²) in [5.41, 5.74) is 0.796. The second-order valence-corrected chi connectivity index (χ2v) is 6.68. The van der Waals surface area contributed by atoms with Crippen molar-refractivity contribution in [2.45, 2.75) is 0 Å². The van der Waals surface area contributed by atoms with Gasteiger partial charge in [0.25, 0.3) is 5.91 Å². The molecule has 2 aromatic carbocycles. The van der Waals surface area contributed by atoms with E-state index in [1.54, 1.807) is 17.5 Å². The minimum atomic E-state index is -1.27. The molecule has 0 fully saturated rings. The number of aromatic nitrogens is 1. The average Bonchev–Trinajstić information content (AvgIpc) is 3.11. The summed E-state index contributed by atoms with van der Waals surface area (Å²) >= 11 is 6.80. The summed E-state index contributed by atoms with van der Waals surface area (Å²) in [4.78, 5) is 28.0. The minimum Gasteiger partial charge on any atom is -0.452 e. The Morgan fingerprint density at radius 1 is 1.11 bits per heavy atom. The van der Waals surface area contributed by atoms with Gasteiger partial charge in [-0.2, -0.15) is 0 Å². The summed E-state index contributed by atoms with van der Waals surface area (Å²) in [5.74, 6) is -4.62. The predicted octanol–water partition coefficient (Wildman–Crippen LogP) is 4.68. The number of halogens is 4. The number of esters is 1. The highest BCUT2D eigenvalue weighted by Gasteiger charge is 2.18. The Morgan fingerprint density at radius 2 is 1.79 bits per heavy atom. The first kappa shape index (κ1) is 19.8. The zero-order valence-corrected chi connectivity index (χ0v) is 15.4. The van der Waals surface area contributed by atoms with E-state index in [1.165, 1.54) is 12.1 Å². The number of rotatable bonds is 5. The van der Waals surface area contributed by atoms with Crippen molar-refractivity contribution >= 4 is 39.9 Å². The fourth-order valence-electron chi connectivity index (χ4n) is 2.13. The van der Waals surface area contributed by atoms with Crippen LogP contribution in [0.15, 0.2) is 41.8 Å². The fourth-order valence-corrected chi connectivity index (χ4v) is 3.09. The van der Waals surface area contributed by atoms with Crippen LogP contribution in [0.4, 0.5) is 18.3 Å². The molecule has 0 bridgehead atoms. The summed E-state index contributed by atoms with van der Waals surface area (Å²) in [6, 6.07) is 6.89. The lowest BCUT2D eigenvalue weighted by Gasteiger charge is -2.06. The van der Waals surface area contributed by atoms with E-state index >= 15 is 0 Å². The molecule has 0 aliphatic carbocycles. The zero-order chi connectivity index (χ0) is 20.3. The molecule has 0 spiro atoms. The van der Waals surface area contributed by atoms with Gasteiger partial charge >= 0.3 is 5.97 Å². The van der Waals surface area contributed by atoms with Gasteiger partial charge in [0, 0.05) is 10.9 Å². The van der Waals surface area contributed by atoms with Crippen molar-refractivity contribution in [3.8, 4) is 11.3 Å². The standard InChI is InChI=1S/C18H10ClF3N2O3S/c19-12-6-14(22)13(21)5-11(12)17(26)27-7-16(25)24-18-23-15(8-28-18)9-1-3-10(20)4-2-9/h1-6,8H,7H2,(H,23,24,25). The van der Waals surface area contributed by atoms with Crippen LogP contribution in [0.1, 0.15) is 10.4 Å². The van der Waals surface area contributed by atoms with Gasteiger partial charge < -0.3 is 4.74 Å². The third-order valence-corrected chi connectivity index (χ3v) is 4.53. The Bertz CT molecular complexity index is 1040. The van der Waals surface area contributed by atoms with Crippen LogP contribution in [0.25, 0.3) is 11.3 Å². The number of nitrogens with one attached hydrogen (secondary N) is 1. The van der Waals surface area contributed by atoms with Crippen molar-refractivity contribution in [3.05, 3.63) is 69.8 Å². The number of anilines is 1. The molecule has 0 saturated carbocycles. The van der Waals surface area contributed by atoms with E-state index in [0.29, 0.717) is 23.4 Å². The number of thiazole rings is 1. The van der Waals surface area contributed by atoms with Crippen LogP contribution in [0.3, 0.4) is 0 Å². The van der Waals surface area contributed by atoms with Crippen molar-refractivity contribution in [1.82, 2.24) is 4.98 Å². The Morgan fingerprint density at radius 3 is 2.50 bits per heavy atom. The van der Waals surface area contributed by atoms with Gasteiger partial charge in [-0.15, -0.1) is 11.3 Å². The normalized spacial score (nSPS) is 10.6. The van der Waals surface area contributed by atoms with E-state index < -0.39 is 35.7 Å². The smallest absolute Gasteiger partial charge is 0.340 e. The summed E-state index contributed by atoms with van der Waals surface area (Å²) in [5, 5.41) is 4.00. The summed E-state index contributed by atoms with van der Waals surface area (Å²) in [6.07, 6.45) is 0. The molecule has 1 N–H and O–H groups in total. The molecular weight excluding hydrogens is 417 g/mol. The molecule has 0 aliphatic rings. The lowest BCUT2D eigenvalue weighted by atomic mass is 10.2. The number of hydrogen-bond donors (Lipinski definition) is 1. The Balaban J connectivity index is 1.58. The van der Waals surface area contributed by atoms with E-state index in [-0.39, 0.29) is 16.0 Å². The second-order valence-electron chi connectivity index (χ2n) is 5.42. The molecule has 0 radical (unpaired) electrons. The SMILES string of the molecule is O=C(COC(=O)c1cc(F)c(F)cc1Cl)Nc1nc(-c2ccc(F)cc2)cs1. The van der Waals surface area contributed by atoms with Crippen LogP contribution in [-0.2, 0) is 9.53 Å². The lowest BCUT2D eigenvalue weighted by Crippen LogP contribution is -2.21. The maximum atomic E-state index is 13.2. The van der Waals surface area contributed by atoms with Gasteiger partial charge in [0.1, 0.15) is 5.82 Å². The number of carbonyl (C=O) groups excluding carboxylic acids is 2. The van der Waals surface area contributed by atoms with Gasteiger partial charge in [-0.3, -0.25) is 10.1 Å². The van der Waals surface area contributed by atoms with E-state index in [0.717, 1.165) is 11.3 Å². The van der Waals surface area contributed by atoms with Gasteiger partial charge in [-0.05, 0) is 36.4 Å². The number of ether oxygens (including phenoxy) is 1. The molecule has 10 heteroatoms. The number of amides is 1. The number of hydrogen-bond acceptors (Lipinski definition) is 5. The Labute approximate surface area is 165 Å². The summed E-state index contributed by atoms with van der Waals surface area (Å²) in [7, 11) is 0. The number of benzene rings is 2. The summed E-state index contributed by atoms with van der Waals surface area (Å²) in [6.45, 7) is -0.681. The van der Waals surface area contributed by atoms with Crippen molar-refractivity contribution in [3.63, 3.8) is 0 Å². The maximum Gasteiger partial charge on any atom is 0.340 e. The van der Waals surface area contributed by atoms with Gasteiger partial charge in [0.05, 0.1) is 16.3 Å². The fraction of sp³-hybridized carbons (Fsp3) is 0.0556. The first-order chi connectivity index (χ1) is 13.3.